The van der Waals surface area contributed by atoms with Crippen LogP contribution in [0, 0.1) is 5.92 Å². The number of methoxy groups -OCH3 is 1. The normalized spacial score (nSPS) is 22.2. The number of likely N-dealkylation sites (tertiary alicyclic amines) is 1. The van der Waals surface area contributed by atoms with Crippen LogP contribution in [0.4, 0.5) is 0 Å². The monoisotopic (exact) mass is 485 g/mol. The number of carbonyl (C=O) groups excluding carboxylic acids is 3. The summed E-state index contributed by atoms with van der Waals surface area (Å²) >= 11 is 0. The fourth-order valence-electron chi connectivity index (χ4n) is 6.23. The van der Waals surface area contributed by atoms with Crippen LogP contribution in [0.3, 0.4) is 0 Å². The second-order valence-electron chi connectivity index (χ2n) is 9.99. The predicted molar refractivity (Wildman–Crippen MR) is 136 cm³/mol. The number of hydrogen-bond donors (Lipinski definition) is 0. The summed E-state index contributed by atoms with van der Waals surface area (Å²) < 4.78 is 7.41. The molecule has 2 aromatic carbocycles. The maximum atomic E-state index is 13.9. The van der Waals surface area contributed by atoms with E-state index in [9.17, 15) is 14.4 Å². The summed E-state index contributed by atoms with van der Waals surface area (Å²) in [6.07, 6.45) is 1.01. The maximum Gasteiger partial charge on any atom is 0.332 e. The third-order valence-corrected chi connectivity index (χ3v) is 7.81. The lowest BCUT2D eigenvalue weighted by molar-refractivity contribution is -0.153. The summed E-state index contributed by atoms with van der Waals surface area (Å²) in [4.78, 5) is 44.0. The molecular formula is C29H31N3O4. The third kappa shape index (κ3) is 3.53. The van der Waals surface area contributed by atoms with Gasteiger partial charge >= 0.3 is 5.97 Å². The molecule has 2 amide bonds. The van der Waals surface area contributed by atoms with Crippen molar-refractivity contribution in [1.82, 2.24) is 14.4 Å². The summed E-state index contributed by atoms with van der Waals surface area (Å²) in [5.41, 5.74) is 2.83. The van der Waals surface area contributed by atoms with Crippen molar-refractivity contribution in [1.29, 1.82) is 0 Å². The van der Waals surface area contributed by atoms with Crippen molar-refractivity contribution in [3.05, 3.63) is 94.8 Å². The lowest BCUT2D eigenvalue weighted by atomic mass is 9.75. The quantitative estimate of drug-likeness (QED) is 0.520. The second-order valence-corrected chi connectivity index (χ2v) is 9.99. The first-order valence-electron chi connectivity index (χ1n) is 12.2. The molecule has 1 saturated heterocycles. The minimum atomic E-state index is -1.24. The molecular weight excluding hydrogens is 454 g/mol. The van der Waals surface area contributed by atoms with Crippen molar-refractivity contribution in [3.8, 4) is 0 Å². The average molecular weight is 486 g/mol. The summed E-state index contributed by atoms with van der Waals surface area (Å²) in [5.74, 6) is -0.956. The lowest BCUT2D eigenvalue weighted by Gasteiger charge is -2.40. The van der Waals surface area contributed by atoms with Gasteiger partial charge in [-0.25, -0.2) is 4.79 Å². The zero-order chi connectivity index (χ0) is 25.6. The molecule has 0 spiro atoms. The van der Waals surface area contributed by atoms with Crippen LogP contribution in [0.15, 0.2) is 66.7 Å². The van der Waals surface area contributed by atoms with Gasteiger partial charge in [0.05, 0.1) is 7.11 Å². The summed E-state index contributed by atoms with van der Waals surface area (Å²) in [6.45, 7) is 0.436. The van der Waals surface area contributed by atoms with E-state index >= 15 is 0 Å². The van der Waals surface area contributed by atoms with Crippen molar-refractivity contribution in [2.45, 2.75) is 24.3 Å². The van der Waals surface area contributed by atoms with E-state index in [1.165, 1.54) is 7.11 Å². The van der Waals surface area contributed by atoms with Gasteiger partial charge in [0.1, 0.15) is 5.69 Å². The van der Waals surface area contributed by atoms with Gasteiger partial charge in [-0.2, -0.15) is 0 Å². The Morgan fingerprint density at radius 2 is 1.67 bits per heavy atom. The Hall–Kier alpha value is -3.87. The minimum absolute atomic E-state index is 0.0418. The highest BCUT2D eigenvalue weighted by atomic mass is 16.5. The van der Waals surface area contributed by atoms with E-state index in [0.717, 1.165) is 16.8 Å². The van der Waals surface area contributed by atoms with Gasteiger partial charge < -0.3 is 19.1 Å². The van der Waals surface area contributed by atoms with Gasteiger partial charge in [-0.15, -0.1) is 0 Å². The highest BCUT2D eigenvalue weighted by Gasteiger charge is 2.64. The SMILES string of the molecule is COC(=O)[C@@]1(Cc2ccccc2)[C@H]2c3cc(C(=O)N(C)C)n(C)c3C[C@H]2CN1C(=O)c1ccccc1. The van der Waals surface area contributed by atoms with Crippen molar-refractivity contribution in [2.24, 2.45) is 13.0 Å². The molecule has 0 unspecified atom stereocenters. The second kappa shape index (κ2) is 8.97. The molecule has 36 heavy (non-hydrogen) atoms. The van der Waals surface area contributed by atoms with Gasteiger partial charge in [0.25, 0.3) is 11.8 Å². The molecule has 1 aromatic heterocycles. The molecule has 0 bridgehead atoms. The molecule has 1 aliphatic heterocycles. The Morgan fingerprint density at radius 1 is 1.03 bits per heavy atom. The topological polar surface area (TPSA) is 71.9 Å². The molecule has 0 radical (unpaired) electrons. The predicted octanol–water partition coefficient (Wildman–Crippen LogP) is 3.29. The van der Waals surface area contributed by atoms with E-state index in [-0.39, 0.29) is 23.7 Å². The Kier molecular flexibility index (Phi) is 5.94. The van der Waals surface area contributed by atoms with E-state index in [4.69, 9.17) is 4.74 Å². The van der Waals surface area contributed by atoms with Crippen LogP contribution in [0.25, 0.3) is 0 Å². The number of hydrogen-bond acceptors (Lipinski definition) is 4. The molecule has 186 valence electrons. The summed E-state index contributed by atoms with van der Waals surface area (Å²) in [7, 11) is 6.75. The van der Waals surface area contributed by atoms with Gasteiger partial charge in [0, 0.05) is 51.3 Å². The smallest absolute Gasteiger partial charge is 0.332 e. The van der Waals surface area contributed by atoms with Crippen LogP contribution in [-0.4, -0.2) is 65.4 Å². The van der Waals surface area contributed by atoms with E-state index in [0.29, 0.717) is 30.6 Å². The van der Waals surface area contributed by atoms with Gasteiger partial charge in [-0.1, -0.05) is 48.5 Å². The molecule has 3 aromatic rings. The zero-order valence-corrected chi connectivity index (χ0v) is 21.1. The number of amides is 2. The van der Waals surface area contributed by atoms with Crippen molar-refractivity contribution < 1.29 is 19.1 Å². The molecule has 7 heteroatoms. The van der Waals surface area contributed by atoms with E-state index in [1.54, 1.807) is 36.0 Å². The highest BCUT2D eigenvalue weighted by molar-refractivity contribution is 6.00. The number of benzene rings is 2. The minimum Gasteiger partial charge on any atom is -0.467 e. The molecule has 1 fully saturated rings. The zero-order valence-electron chi connectivity index (χ0n) is 21.1. The van der Waals surface area contributed by atoms with Crippen LogP contribution in [0.1, 0.15) is 43.6 Å². The fraction of sp³-hybridized carbons (Fsp3) is 0.345. The van der Waals surface area contributed by atoms with Gasteiger partial charge in [0.2, 0.25) is 0 Å². The van der Waals surface area contributed by atoms with Gasteiger partial charge in [0.15, 0.2) is 5.54 Å². The van der Waals surface area contributed by atoms with Crippen molar-refractivity contribution in [2.75, 3.05) is 27.7 Å². The third-order valence-electron chi connectivity index (χ3n) is 7.81. The fourth-order valence-corrected chi connectivity index (χ4v) is 6.23. The molecule has 2 aliphatic rings. The van der Waals surface area contributed by atoms with Crippen LogP contribution >= 0.6 is 0 Å². The van der Waals surface area contributed by atoms with Gasteiger partial charge in [-0.3, -0.25) is 9.59 Å². The average Bonchev–Trinajstić information content (AvgIpc) is 3.52. The molecule has 0 saturated carbocycles. The number of aromatic nitrogens is 1. The van der Waals surface area contributed by atoms with E-state index < -0.39 is 11.5 Å². The lowest BCUT2D eigenvalue weighted by Crippen LogP contribution is -2.58. The van der Waals surface area contributed by atoms with E-state index in [1.807, 2.05) is 66.2 Å². The number of ether oxygens (including phenoxy) is 1. The van der Waals surface area contributed by atoms with Crippen molar-refractivity contribution in [3.63, 3.8) is 0 Å². The van der Waals surface area contributed by atoms with Crippen LogP contribution < -0.4 is 0 Å². The van der Waals surface area contributed by atoms with Gasteiger partial charge in [-0.05, 0) is 41.7 Å². The molecule has 3 atom stereocenters. The number of rotatable bonds is 5. The largest absolute Gasteiger partial charge is 0.467 e. The van der Waals surface area contributed by atoms with Crippen LogP contribution in [0.5, 0.6) is 0 Å². The van der Waals surface area contributed by atoms with Crippen molar-refractivity contribution >= 4 is 17.8 Å². The summed E-state index contributed by atoms with van der Waals surface area (Å²) in [5, 5.41) is 0. The Balaban J connectivity index is 1.69. The van der Waals surface area contributed by atoms with Crippen LogP contribution in [0.2, 0.25) is 0 Å². The highest BCUT2D eigenvalue weighted by Crippen LogP contribution is 2.55. The molecule has 0 N–H and O–H groups in total. The number of carbonyl (C=O) groups is 3. The number of esters is 1. The molecule has 7 nitrogen and oxygen atoms in total. The maximum absolute atomic E-state index is 13.9. The molecule has 1 aliphatic carbocycles. The first-order chi connectivity index (χ1) is 17.3. The molecule has 5 rings (SSSR count). The number of nitrogens with zero attached hydrogens (tertiary/aromatic N) is 3. The Labute approximate surface area is 211 Å². The Bertz CT molecular complexity index is 1320. The first kappa shape index (κ1) is 23.9. The first-order valence-corrected chi connectivity index (χ1v) is 12.2. The standard InChI is InChI=1S/C29H31N3O4/c1-30(2)27(34)24-16-22-23(31(24)3)15-21-18-32(26(33)20-13-9-6-10-14-20)29(25(21)22,28(35)36-4)17-19-11-7-5-8-12-19/h5-14,16,21,25H,15,17-18H2,1-4H3/t21-,25+,29+/m0/s1. The van der Waals surface area contributed by atoms with E-state index in [2.05, 4.69) is 0 Å². The van der Waals surface area contributed by atoms with Crippen LogP contribution in [-0.2, 0) is 29.4 Å². The number of fused-ring (bicyclic) bond motifs is 3. The Morgan fingerprint density at radius 3 is 2.28 bits per heavy atom. The summed E-state index contributed by atoms with van der Waals surface area (Å²) in [6, 6.07) is 20.8. The molecule has 2 heterocycles.